The van der Waals surface area contributed by atoms with Gasteiger partial charge in [-0.15, -0.1) is 35.6 Å². The average molecular weight is 225 g/mol. The molecule has 0 aliphatic heterocycles. The molecule has 0 aromatic carbocycles. The molecule has 0 aromatic rings. The third-order valence-electron chi connectivity index (χ3n) is 0.543. The normalized spacial score (nSPS) is 7.64. The molecule has 2 nitrogen and oxygen atoms in total. The fourth-order valence-electron chi connectivity index (χ4n) is 0.259. The highest BCUT2D eigenvalue weighted by Crippen LogP contribution is 1.71. The first-order chi connectivity index (χ1) is 4.83. The molecule has 0 spiro atoms. The lowest BCUT2D eigenvalue weighted by atomic mass is 10.7. The Kier molecular flexibility index (Phi) is 36.2. The summed E-state index contributed by atoms with van der Waals surface area (Å²) in [5, 5.41) is 10.6. The second-order valence-electron chi connectivity index (χ2n) is 1.44. The van der Waals surface area contributed by atoms with Crippen LogP contribution in [0.15, 0.2) is 0 Å². The maximum Gasteiger partial charge on any atom is 0.0402 e. The van der Waals surface area contributed by atoms with Crippen LogP contribution in [0.1, 0.15) is 6.92 Å². The summed E-state index contributed by atoms with van der Waals surface area (Å²) in [5.41, 5.74) is 0. The Bertz CT molecular complexity index is 44.8. The maximum absolute atomic E-state index is 7.57. The number of hydrogen-bond donors (Lipinski definition) is 2. The van der Waals surface area contributed by atoms with E-state index in [0.717, 1.165) is 13.1 Å². The molecule has 0 fully saturated rings. The molecule has 72 valence electrons. The van der Waals surface area contributed by atoms with E-state index >= 15 is 0 Å². The lowest BCUT2D eigenvalue weighted by Gasteiger charge is -1.93. The molecule has 0 atom stereocenters. The Labute approximate surface area is 84.7 Å². The Morgan fingerprint density at radius 3 is 1.64 bits per heavy atom. The van der Waals surface area contributed by atoms with Crippen molar-refractivity contribution in [2.24, 2.45) is 0 Å². The molecule has 0 saturated carbocycles. The zero-order chi connectivity index (χ0) is 8.24. The van der Waals surface area contributed by atoms with Gasteiger partial charge in [0.05, 0.1) is 0 Å². The standard InChI is InChI=1S/C4H9Cl2N.C2H6O.ClH/c5-1-3-7-4-2-6;1-2-3;/h7H,1-4H2;3H,2H2,1H3;1H. The van der Waals surface area contributed by atoms with Crippen molar-refractivity contribution in [3.8, 4) is 0 Å². The van der Waals surface area contributed by atoms with Crippen molar-refractivity contribution < 1.29 is 5.11 Å². The van der Waals surface area contributed by atoms with Gasteiger partial charge in [0.25, 0.3) is 0 Å². The summed E-state index contributed by atoms with van der Waals surface area (Å²) in [4.78, 5) is 0. The van der Waals surface area contributed by atoms with Crippen molar-refractivity contribution in [2.45, 2.75) is 6.92 Å². The van der Waals surface area contributed by atoms with E-state index < -0.39 is 0 Å². The third-order valence-corrected chi connectivity index (χ3v) is 0.921. The molecule has 0 aliphatic rings. The van der Waals surface area contributed by atoms with E-state index in [1.165, 1.54) is 0 Å². The topological polar surface area (TPSA) is 32.3 Å². The molecule has 5 heteroatoms. The minimum absolute atomic E-state index is 0. The molecule has 0 heterocycles. The zero-order valence-electron chi connectivity index (χ0n) is 6.65. The number of aliphatic hydroxyl groups is 1. The smallest absolute Gasteiger partial charge is 0.0402 e. The molecular weight excluding hydrogens is 208 g/mol. The Hall–Kier alpha value is 0.790. The van der Waals surface area contributed by atoms with Gasteiger partial charge >= 0.3 is 0 Å². The number of aliphatic hydroxyl groups excluding tert-OH is 1. The lowest BCUT2D eigenvalue weighted by molar-refractivity contribution is 0.318. The Morgan fingerprint density at radius 2 is 1.45 bits per heavy atom. The van der Waals surface area contributed by atoms with Gasteiger partial charge in [-0.05, 0) is 6.92 Å². The predicted octanol–water partition coefficient (Wildman–Crippen LogP) is 1.47. The molecule has 0 unspecified atom stereocenters. The zero-order valence-corrected chi connectivity index (χ0v) is 8.98. The fraction of sp³-hybridized carbons (Fsp3) is 1.00. The van der Waals surface area contributed by atoms with Crippen molar-refractivity contribution in [1.82, 2.24) is 5.32 Å². The summed E-state index contributed by atoms with van der Waals surface area (Å²) in [6, 6.07) is 0. The summed E-state index contributed by atoms with van der Waals surface area (Å²) in [6.07, 6.45) is 0. The van der Waals surface area contributed by atoms with Gasteiger partial charge < -0.3 is 10.4 Å². The second kappa shape index (κ2) is 22.4. The monoisotopic (exact) mass is 223 g/mol. The average Bonchev–Trinajstić information content (AvgIpc) is 1.91. The highest BCUT2D eigenvalue weighted by Gasteiger charge is 1.79. The van der Waals surface area contributed by atoms with E-state index in [0.29, 0.717) is 11.8 Å². The van der Waals surface area contributed by atoms with Crippen LogP contribution in [-0.4, -0.2) is 36.6 Å². The Morgan fingerprint density at radius 1 is 1.18 bits per heavy atom. The first-order valence-corrected chi connectivity index (χ1v) is 4.33. The second-order valence-corrected chi connectivity index (χ2v) is 2.20. The largest absolute Gasteiger partial charge is 0.397 e. The van der Waals surface area contributed by atoms with Gasteiger partial charge in [0.2, 0.25) is 0 Å². The molecule has 0 saturated heterocycles. The van der Waals surface area contributed by atoms with E-state index in [-0.39, 0.29) is 19.0 Å². The third kappa shape index (κ3) is 36.3. The van der Waals surface area contributed by atoms with Gasteiger partial charge in [-0.25, -0.2) is 0 Å². The summed E-state index contributed by atoms with van der Waals surface area (Å²) in [6.45, 7) is 3.64. The Balaban J connectivity index is -0.000000140. The van der Waals surface area contributed by atoms with E-state index in [2.05, 4.69) is 5.32 Å². The van der Waals surface area contributed by atoms with Gasteiger partial charge in [0.1, 0.15) is 0 Å². The van der Waals surface area contributed by atoms with Crippen LogP contribution in [0.4, 0.5) is 0 Å². The van der Waals surface area contributed by atoms with Crippen LogP contribution in [0.2, 0.25) is 0 Å². The number of halogens is 3. The summed E-state index contributed by atoms with van der Waals surface area (Å²) in [7, 11) is 0. The van der Waals surface area contributed by atoms with Crippen molar-refractivity contribution in [3.05, 3.63) is 0 Å². The van der Waals surface area contributed by atoms with Crippen LogP contribution in [-0.2, 0) is 0 Å². The molecule has 2 N–H and O–H groups in total. The molecule has 0 rings (SSSR count). The van der Waals surface area contributed by atoms with Crippen molar-refractivity contribution in [3.63, 3.8) is 0 Å². The van der Waals surface area contributed by atoms with Crippen LogP contribution in [0.5, 0.6) is 0 Å². The van der Waals surface area contributed by atoms with Crippen molar-refractivity contribution >= 4 is 35.6 Å². The molecule has 0 aromatic heterocycles. The highest BCUT2D eigenvalue weighted by molar-refractivity contribution is 6.18. The molecule has 11 heavy (non-hydrogen) atoms. The summed E-state index contributed by atoms with van der Waals surface area (Å²) < 4.78 is 0. The van der Waals surface area contributed by atoms with Gasteiger partial charge in [-0.1, -0.05) is 0 Å². The van der Waals surface area contributed by atoms with Crippen molar-refractivity contribution in [2.75, 3.05) is 31.5 Å². The van der Waals surface area contributed by atoms with Crippen LogP contribution >= 0.6 is 35.6 Å². The molecule has 0 aliphatic carbocycles. The minimum atomic E-state index is 0. The molecule has 0 radical (unpaired) electrons. The number of rotatable bonds is 4. The first kappa shape index (κ1) is 17.8. The van der Waals surface area contributed by atoms with E-state index in [9.17, 15) is 0 Å². The van der Waals surface area contributed by atoms with E-state index in [4.69, 9.17) is 28.3 Å². The quantitative estimate of drug-likeness (QED) is 0.560. The maximum atomic E-state index is 7.57. The number of hydrogen-bond acceptors (Lipinski definition) is 2. The van der Waals surface area contributed by atoms with Gasteiger partial charge in [-0.2, -0.15) is 0 Å². The highest BCUT2D eigenvalue weighted by atomic mass is 35.5. The first-order valence-electron chi connectivity index (χ1n) is 3.26. The summed E-state index contributed by atoms with van der Waals surface area (Å²) >= 11 is 10.7. The van der Waals surface area contributed by atoms with Gasteiger partial charge in [-0.3, -0.25) is 0 Å². The predicted molar refractivity (Wildman–Crippen MR) is 54.3 cm³/mol. The molecule has 0 amide bonds. The van der Waals surface area contributed by atoms with E-state index in [1.807, 2.05) is 0 Å². The SMILES string of the molecule is CCO.Cl.ClCCNCCCl. The van der Waals surface area contributed by atoms with Gasteiger partial charge in [0, 0.05) is 31.5 Å². The van der Waals surface area contributed by atoms with Crippen molar-refractivity contribution in [1.29, 1.82) is 0 Å². The minimum Gasteiger partial charge on any atom is -0.397 e. The van der Waals surface area contributed by atoms with Gasteiger partial charge in [0.15, 0.2) is 0 Å². The molecule has 0 bridgehead atoms. The fourth-order valence-corrected chi connectivity index (χ4v) is 0.526. The number of nitrogens with one attached hydrogen (secondary N) is 1. The van der Waals surface area contributed by atoms with Crippen LogP contribution < -0.4 is 5.32 Å². The van der Waals surface area contributed by atoms with Crippen LogP contribution in [0, 0.1) is 0 Å². The molecular formula is C6H16Cl3NO. The van der Waals surface area contributed by atoms with E-state index in [1.54, 1.807) is 6.92 Å². The lowest BCUT2D eigenvalue weighted by Crippen LogP contribution is -2.18. The van der Waals surface area contributed by atoms with Crippen LogP contribution in [0.3, 0.4) is 0 Å². The summed E-state index contributed by atoms with van der Waals surface area (Å²) in [5.74, 6) is 1.33. The van der Waals surface area contributed by atoms with Crippen LogP contribution in [0.25, 0.3) is 0 Å². The number of alkyl halides is 2.